The zero-order valence-electron chi connectivity index (χ0n) is 20.2. The molecular weight excluding hydrogens is 518 g/mol. The van der Waals surface area contributed by atoms with E-state index < -0.39 is 10.1 Å². The number of thioether (sulfide) groups is 2. The second kappa shape index (κ2) is 11.8. The molecule has 4 aromatic rings. The molecule has 0 radical (unpaired) electrons. The summed E-state index contributed by atoms with van der Waals surface area (Å²) < 4.78 is 34.2. The molecule has 0 saturated heterocycles. The van der Waals surface area contributed by atoms with Crippen molar-refractivity contribution < 1.29 is 42.5 Å². The predicted molar refractivity (Wildman–Crippen MR) is 150 cm³/mol. The van der Waals surface area contributed by atoms with Gasteiger partial charge in [-0.3, -0.25) is 0 Å². The van der Waals surface area contributed by atoms with E-state index in [1.54, 1.807) is 23.5 Å². The van der Waals surface area contributed by atoms with Crippen molar-refractivity contribution in [3.8, 4) is 0 Å². The third-order valence-corrected chi connectivity index (χ3v) is 9.16. The number of fused-ring (bicyclic) bond motifs is 3. The zero-order chi connectivity index (χ0) is 24.4. The first kappa shape index (κ1) is 27.3. The monoisotopic (exact) mass is 541 g/mol. The average molecular weight is 542 g/mol. The second-order valence-corrected chi connectivity index (χ2v) is 11.9. The van der Waals surface area contributed by atoms with Crippen molar-refractivity contribution in [3.63, 3.8) is 0 Å². The molecular formula is C28H24NNaO3S3. The molecule has 0 fully saturated rings. The maximum atomic E-state index is 11.0. The van der Waals surface area contributed by atoms with E-state index in [1.165, 1.54) is 10.8 Å². The van der Waals surface area contributed by atoms with Crippen LogP contribution in [-0.4, -0.2) is 30.7 Å². The van der Waals surface area contributed by atoms with Crippen LogP contribution in [0.25, 0.3) is 16.3 Å². The van der Waals surface area contributed by atoms with Crippen LogP contribution in [0.15, 0.2) is 95.2 Å². The molecule has 4 aromatic carbocycles. The number of nitrogens with zero attached hydrogens (tertiary/aromatic N) is 1. The Labute approximate surface area is 243 Å². The van der Waals surface area contributed by atoms with Gasteiger partial charge in [-0.25, -0.2) is 8.42 Å². The molecule has 0 N–H and O–H groups in total. The Hall–Kier alpha value is -1.71. The number of benzene rings is 4. The molecule has 36 heavy (non-hydrogen) atoms. The van der Waals surface area contributed by atoms with E-state index in [0.29, 0.717) is 12.2 Å². The first-order valence-electron chi connectivity index (χ1n) is 11.3. The molecule has 178 valence electrons. The van der Waals surface area contributed by atoms with Crippen LogP contribution in [0.4, 0.5) is 17.1 Å². The Bertz CT molecular complexity index is 1490. The molecule has 0 amide bonds. The van der Waals surface area contributed by atoms with Gasteiger partial charge in [0, 0.05) is 32.4 Å². The Morgan fingerprint density at radius 2 is 1.42 bits per heavy atom. The zero-order valence-corrected chi connectivity index (χ0v) is 24.6. The first-order valence-corrected chi connectivity index (χ1v) is 15.1. The molecule has 1 heterocycles. The summed E-state index contributed by atoms with van der Waals surface area (Å²) in [6.45, 7) is 0. The van der Waals surface area contributed by atoms with Crippen molar-refractivity contribution in [2.75, 3.05) is 22.7 Å². The Morgan fingerprint density at radius 1 is 0.833 bits per heavy atom. The van der Waals surface area contributed by atoms with Gasteiger partial charge in [0.15, 0.2) is 0 Å². The summed E-state index contributed by atoms with van der Waals surface area (Å²) in [4.78, 5) is 2.31. The molecule has 0 unspecified atom stereocenters. The standard InChI is InChI=1S/C28H25NO3S3.Na/c1-33-28(34-17-8-18-35(30,31)32)27-23-11-4-6-13-25(23)29(26-14-7-5-12-24(26)27)22-16-15-20-9-2-3-10-21(20)19-22;/h2-7,9-16,19H,8,17-18H2,1H3,(H,30,31,32);/q;+1/p-1. The molecule has 5 rings (SSSR count). The minimum Gasteiger partial charge on any atom is -0.748 e. The molecule has 1 aliphatic rings. The summed E-state index contributed by atoms with van der Waals surface area (Å²) in [5, 5.41) is 2.39. The molecule has 0 atom stereocenters. The molecule has 1 aliphatic heterocycles. The summed E-state index contributed by atoms with van der Waals surface area (Å²) in [6.07, 6.45) is 2.38. The second-order valence-electron chi connectivity index (χ2n) is 8.23. The van der Waals surface area contributed by atoms with Crippen LogP contribution in [0.5, 0.6) is 0 Å². The van der Waals surface area contributed by atoms with E-state index >= 15 is 0 Å². The smallest absolute Gasteiger partial charge is 0.748 e. The summed E-state index contributed by atoms with van der Waals surface area (Å²) in [5.74, 6) is 0.236. The van der Waals surface area contributed by atoms with Gasteiger partial charge in [0.25, 0.3) is 0 Å². The van der Waals surface area contributed by atoms with Crippen molar-refractivity contribution in [2.45, 2.75) is 6.42 Å². The summed E-state index contributed by atoms with van der Waals surface area (Å²) >= 11 is 3.27. The van der Waals surface area contributed by atoms with E-state index in [2.05, 4.69) is 95.9 Å². The van der Waals surface area contributed by atoms with E-state index in [4.69, 9.17) is 0 Å². The predicted octanol–water partition coefficient (Wildman–Crippen LogP) is 4.38. The van der Waals surface area contributed by atoms with Gasteiger partial charge in [0.1, 0.15) is 0 Å². The van der Waals surface area contributed by atoms with Crippen LogP contribution in [-0.2, 0) is 10.1 Å². The molecule has 0 aliphatic carbocycles. The number of para-hydroxylation sites is 2. The van der Waals surface area contributed by atoms with Crippen molar-refractivity contribution in [2.24, 2.45) is 0 Å². The van der Waals surface area contributed by atoms with Crippen LogP contribution < -0.4 is 34.5 Å². The van der Waals surface area contributed by atoms with Crippen LogP contribution >= 0.6 is 23.5 Å². The fourth-order valence-corrected chi connectivity index (χ4v) is 7.15. The largest absolute Gasteiger partial charge is 1.00 e. The van der Waals surface area contributed by atoms with Gasteiger partial charge in [-0.2, -0.15) is 0 Å². The van der Waals surface area contributed by atoms with Gasteiger partial charge < -0.3 is 9.45 Å². The Balaban J connectivity index is 0.00000304. The number of rotatable bonds is 7. The topological polar surface area (TPSA) is 60.4 Å². The molecule has 0 bridgehead atoms. The number of hydrogen-bond acceptors (Lipinski definition) is 6. The number of hydrogen-bond donors (Lipinski definition) is 0. The third-order valence-electron chi connectivity index (χ3n) is 5.98. The maximum absolute atomic E-state index is 11.0. The van der Waals surface area contributed by atoms with Crippen LogP contribution in [0.1, 0.15) is 17.5 Å². The van der Waals surface area contributed by atoms with Gasteiger partial charge in [-0.05, 0) is 53.5 Å². The van der Waals surface area contributed by atoms with Crippen LogP contribution in [0.2, 0.25) is 0 Å². The van der Waals surface area contributed by atoms with E-state index in [9.17, 15) is 13.0 Å². The molecule has 0 aromatic heterocycles. The molecule has 4 nitrogen and oxygen atoms in total. The van der Waals surface area contributed by atoms with Gasteiger partial charge in [0.2, 0.25) is 0 Å². The fourth-order valence-electron chi connectivity index (χ4n) is 4.48. The normalized spacial score (nSPS) is 12.6. The van der Waals surface area contributed by atoms with Gasteiger partial charge >= 0.3 is 29.6 Å². The Morgan fingerprint density at radius 3 is 2.03 bits per heavy atom. The van der Waals surface area contributed by atoms with Crippen LogP contribution in [0, 0.1) is 0 Å². The van der Waals surface area contributed by atoms with Crippen molar-refractivity contribution in [1.82, 2.24) is 0 Å². The van der Waals surface area contributed by atoms with Gasteiger partial charge in [-0.15, -0.1) is 23.5 Å². The minimum absolute atomic E-state index is 0. The maximum Gasteiger partial charge on any atom is 1.00 e. The summed E-state index contributed by atoms with van der Waals surface area (Å²) in [6, 6.07) is 31.7. The van der Waals surface area contributed by atoms with Crippen molar-refractivity contribution >= 4 is 67.0 Å². The average Bonchev–Trinajstić information content (AvgIpc) is 2.87. The third kappa shape index (κ3) is 5.73. The fraction of sp³-hybridized carbons (Fsp3) is 0.143. The van der Waals surface area contributed by atoms with E-state index in [0.717, 1.165) is 38.0 Å². The SMILES string of the molecule is CSC(SCCCS(=O)(=O)[O-])=C1c2ccccc2N(c2ccc3ccccc3c2)c2ccccc21.[Na+]. The van der Waals surface area contributed by atoms with Crippen molar-refractivity contribution in [1.29, 1.82) is 0 Å². The Kier molecular flexibility index (Phi) is 8.94. The summed E-state index contributed by atoms with van der Waals surface area (Å²) in [5.41, 5.74) is 6.72. The summed E-state index contributed by atoms with van der Waals surface area (Å²) in [7, 11) is -4.20. The molecule has 0 saturated carbocycles. The van der Waals surface area contributed by atoms with E-state index in [-0.39, 0.29) is 35.3 Å². The van der Waals surface area contributed by atoms with Crippen LogP contribution in [0.3, 0.4) is 0 Å². The van der Waals surface area contributed by atoms with Crippen molar-refractivity contribution in [3.05, 3.63) is 106 Å². The molecule has 0 spiro atoms. The van der Waals surface area contributed by atoms with Gasteiger partial charge in [-0.1, -0.05) is 66.7 Å². The quantitative estimate of drug-likeness (QED) is 0.173. The van der Waals surface area contributed by atoms with Gasteiger partial charge in [0.05, 0.1) is 21.5 Å². The number of anilines is 3. The molecule has 8 heteroatoms. The first-order chi connectivity index (χ1) is 17.0. The minimum atomic E-state index is -4.20. The van der Waals surface area contributed by atoms with E-state index in [1.807, 2.05) is 6.26 Å².